The molecule has 20 heavy (non-hydrogen) atoms. The summed E-state index contributed by atoms with van der Waals surface area (Å²) in [7, 11) is 0. The summed E-state index contributed by atoms with van der Waals surface area (Å²) in [6, 6.07) is 11.7. The van der Waals surface area contributed by atoms with Crippen LogP contribution in [-0.4, -0.2) is 6.04 Å². The maximum absolute atomic E-state index is 5.57. The minimum Gasteiger partial charge on any atom is -0.469 e. The largest absolute Gasteiger partial charge is 0.469 e. The number of benzene rings is 1. The Hall–Kier alpha value is -1.54. The monoisotopic (exact) mass is 269 g/mol. The lowest BCUT2D eigenvalue weighted by Crippen LogP contribution is -2.33. The minimum atomic E-state index is 0.455. The molecular weight excluding hydrogens is 246 g/mol. The van der Waals surface area contributed by atoms with Gasteiger partial charge in [0.05, 0.1) is 6.26 Å². The van der Waals surface area contributed by atoms with Crippen LogP contribution >= 0.6 is 0 Å². The van der Waals surface area contributed by atoms with Crippen molar-refractivity contribution in [1.82, 2.24) is 5.32 Å². The van der Waals surface area contributed by atoms with Crippen LogP contribution in [0.15, 0.2) is 41.0 Å². The number of rotatable bonds is 4. The van der Waals surface area contributed by atoms with E-state index in [4.69, 9.17) is 4.42 Å². The van der Waals surface area contributed by atoms with Gasteiger partial charge >= 0.3 is 0 Å². The van der Waals surface area contributed by atoms with Crippen LogP contribution in [0.25, 0.3) is 0 Å². The summed E-state index contributed by atoms with van der Waals surface area (Å²) >= 11 is 0. The zero-order chi connectivity index (χ0) is 13.9. The highest BCUT2D eigenvalue weighted by molar-refractivity contribution is 5.27. The van der Waals surface area contributed by atoms with Gasteiger partial charge in [-0.1, -0.05) is 24.3 Å². The maximum atomic E-state index is 5.57. The summed E-state index contributed by atoms with van der Waals surface area (Å²) in [5.41, 5.74) is 4.19. The Kier molecular flexibility index (Phi) is 3.93. The fraction of sp³-hybridized carbons (Fsp3) is 0.444. The summed E-state index contributed by atoms with van der Waals surface area (Å²) in [4.78, 5) is 0. The van der Waals surface area contributed by atoms with Gasteiger partial charge in [0.1, 0.15) is 5.76 Å². The maximum Gasteiger partial charge on any atom is 0.108 e. The van der Waals surface area contributed by atoms with Crippen molar-refractivity contribution in [3.63, 3.8) is 0 Å². The van der Waals surface area contributed by atoms with E-state index >= 15 is 0 Å². The molecule has 0 bridgehead atoms. The van der Waals surface area contributed by atoms with Crippen LogP contribution in [0.3, 0.4) is 0 Å². The van der Waals surface area contributed by atoms with Gasteiger partial charge in [0.15, 0.2) is 0 Å². The van der Waals surface area contributed by atoms with Crippen molar-refractivity contribution in [2.45, 2.75) is 51.6 Å². The second-order valence-electron chi connectivity index (χ2n) is 5.94. The first-order valence-corrected chi connectivity index (χ1v) is 7.61. The quantitative estimate of drug-likeness (QED) is 0.900. The second kappa shape index (κ2) is 5.84. The Labute approximate surface area is 121 Å². The zero-order valence-electron chi connectivity index (χ0n) is 12.4. The van der Waals surface area contributed by atoms with Crippen molar-refractivity contribution in [3.05, 3.63) is 59.0 Å². The highest BCUT2D eigenvalue weighted by atomic mass is 16.3. The highest BCUT2D eigenvalue weighted by Gasteiger charge is 2.23. The van der Waals surface area contributed by atoms with E-state index in [-0.39, 0.29) is 0 Å². The lowest BCUT2D eigenvalue weighted by atomic mass is 9.92. The lowest BCUT2D eigenvalue weighted by molar-refractivity contribution is 0.380. The standard InChI is InChI=1S/C18H23NO/c1-13-6-3-4-7-15(13)12-14(2)19-17-8-5-9-18-16(17)10-11-20-18/h3-4,6-7,10-11,14,17,19H,5,8-9,12H2,1-2H3. The van der Waals surface area contributed by atoms with Gasteiger partial charge < -0.3 is 9.73 Å². The van der Waals surface area contributed by atoms with Crippen molar-refractivity contribution in [2.75, 3.05) is 0 Å². The average molecular weight is 269 g/mol. The van der Waals surface area contributed by atoms with E-state index in [0.717, 1.165) is 12.8 Å². The predicted molar refractivity (Wildman–Crippen MR) is 81.9 cm³/mol. The molecule has 0 aliphatic heterocycles. The first kappa shape index (κ1) is 13.4. The van der Waals surface area contributed by atoms with E-state index < -0.39 is 0 Å². The van der Waals surface area contributed by atoms with Gasteiger partial charge in [-0.05, 0) is 50.3 Å². The van der Waals surface area contributed by atoms with Crippen LogP contribution in [-0.2, 0) is 12.8 Å². The fourth-order valence-electron chi connectivity index (χ4n) is 3.23. The molecule has 2 atom stereocenters. The molecule has 1 aliphatic rings. The number of furan rings is 1. The number of hydrogen-bond acceptors (Lipinski definition) is 2. The molecule has 2 aromatic rings. The van der Waals surface area contributed by atoms with Gasteiger partial charge in [-0.2, -0.15) is 0 Å². The Morgan fingerprint density at radius 3 is 3.00 bits per heavy atom. The third-order valence-electron chi connectivity index (χ3n) is 4.32. The SMILES string of the molecule is Cc1ccccc1CC(C)NC1CCCc2occc21. The molecule has 1 N–H and O–H groups in total. The minimum absolute atomic E-state index is 0.455. The number of fused-ring (bicyclic) bond motifs is 1. The molecule has 0 saturated heterocycles. The topological polar surface area (TPSA) is 25.2 Å². The molecule has 2 heteroatoms. The van der Waals surface area contributed by atoms with Crippen LogP contribution in [0, 0.1) is 6.92 Å². The average Bonchev–Trinajstić information content (AvgIpc) is 2.91. The molecule has 3 rings (SSSR count). The molecule has 1 aromatic heterocycles. The molecule has 0 saturated carbocycles. The van der Waals surface area contributed by atoms with Gasteiger partial charge in [0.25, 0.3) is 0 Å². The van der Waals surface area contributed by atoms with Gasteiger partial charge in [-0.15, -0.1) is 0 Å². The second-order valence-corrected chi connectivity index (χ2v) is 5.94. The first-order chi connectivity index (χ1) is 9.74. The van der Waals surface area contributed by atoms with E-state index in [1.165, 1.54) is 35.3 Å². The van der Waals surface area contributed by atoms with Crippen LogP contribution in [0.2, 0.25) is 0 Å². The van der Waals surface area contributed by atoms with Crippen molar-refractivity contribution in [2.24, 2.45) is 0 Å². The zero-order valence-corrected chi connectivity index (χ0v) is 12.4. The Morgan fingerprint density at radius 2 is 2.15 bits per heavy atom. The van der Waals surface area contributed by atoms with Crippen LogP contribution < -0.4 is 5.32 Å². The third-order valence-corrected chi connectivity index (χ3v) is 4.32. The summed E-state index contributed by atoms with van der Waals surface area (Å²) < 4.78 is 5.57. The molecule has 1 aliphatic carbocycles. The van der Waals surface area contributed by atoms with E-state index in [1.54, 1.807) is 0 Å². The van der Waals surface area contributed by atoms with Crippen molar-refractivity contribution in [1.29, 1.82) is 0 Å². The Bertz CT molecular complexity index is 572. The molecular formula is C18H23NO. The molecule has 0 radical (unpaired) electrons. The van der Waals surface area contributed by atoms with Gasteiger partial charge in [0, 0.05) is 24.1 Å². The van der Waals surface area contributed by atoms with Crippen molar-refractivity contribution in [3.8, 4) is 0 Å². The highest BCUT2D eigenvalue weighted by Crippen LogP contribution is 2.31. The molecule has 0 spiro atoms. The molecule has 106 valence electrons. The van der Waals surface area contributed by atoms with Crippen LogP contribution in [0.5, 0.6) is 0 Å². The molecule has 1 heterocycles. The van der Waals surface area contributed by atoms with E-state index in [9.17, 15) is 0 Å². The molecule has 2 nitrogen and oxygen atoms in total. The summed E-state index contributed by atoms with van der Waals surface area (Å²) in [5, 5.41) is 3.78. The van der Waals surface area contributed by atoms with Gasteiger partial charge in [0.2, 0.25) is 0 Å². The summed E-state index contributed by atoms with van der Waals surface area (Å²) in [6.07, 6.45) is 6.43. The molecule has 0 fully saturated rings. The van der Waals surface area contributed by atoms with Gasteiger partial charge in [-0.25, -0.2) is 0 Å². The normalized spacial score (nSPS) is 19.6. The van der Waals surface area contributed by atoms with Gasteiger partial charge in [-0.3, -0.25) is 0 Å². The van der Waals surface area contributed by atoms with E-state index in [0.29, 0.717) is 12.1 Å². The summed E-state index contributed by atoms with van der Waals surface area (Å²) in [6.45, 7) is 4.47. The molecule has 0 amide bonds. The van der Waals surface area contributed by atoms with Crippen LogP contribution in [0.1, 0.15) is 48.3 Å². The predicted octanol–water partition coefficient (Wildman–Crippen LogP) is 4.19. The summed E-state index contributed by atoms with van der Waals surface area (Å²) in [5.74, 6) is 1.18. The first-order valence-electron chi connectivity index (χ1n) is 7.61. The number of aryl methyl sites for hydroxylation is 2. The number of hydrogen-bond donors (Lipinski definition) is 1. The van der Waals surface area contributed by atoms with E-state index in [1.807, 2.05) is 6.26 Å². The smallest absolute Gasteiger partial charge is 0.108 e. The molecule has 2 unspecified atom stereocenters. The lowest BCUT2D eigenvalue weighted by Gasteiger charge is -2.26. The Morgan fingerprint density at radius 1 is 1.30 bits per heavy atom. The molecule has 1 aromatic carbocycles. The van der Waals surface area contributed by atoms with Crippen molar-refractivity contribution >= 4 is 0 Å². The Balaban J connectivity index is 1.66. The third kappa shape index (κ3) is 2.80. The fourth-order valence-corrected chi connectivity index (χ4v) is 3.23. The van der Waals surface area contributed by atoms with Crippen LogP contribution in [0.4, 0.5) is 0 Å². The van der Waals surface area contributed by atoms with Crippen molar-refractivity contribution < 1.29 is 4.42 Å². The van der Waals surface area contributed by atoms with E-state index in [2.05, 4.69) is 49.5 Å². The number of nitrogens with one attached hydrogen (secondary N) is 1.